The third-order valence-corrected chi connectivity index (χ3v) is 4.65. The molecule has 0 aliphatic carbocycles. The summed E-state index contributed by atoms with van der Waals surface area (Å²) in [4.78, 5) is 13.9. The van der Waals surface area contributed by atoms with Crippen molar-refractivity contribution in [1.82, 2.24) is 10.2 Å². The van der Waals surface area contributed by atoms with Crippen molar-refractivity contribution in [3.8, 4) is 0 Å². The maximum atomic E-state index is 12.1. The number of carbonyl (C=O) groups excluding carboxylic acids is 1. The summed E-state index contributed by atoms with van der Waals surface area (Å²) in [5.41, 5.74) is -0.176. The number of nitrogens with zero attached hydrogens (tertiary/aromatic N) is 1. The maximum absolute atomic E-state index is 12.1. The normalized spacial score (nSPS) is 26.5. The van der Waals surface area contributed by atoms with Gasteiger partial charge in [0.2, 0.25) is 0 Å². The van der Waals surface area contributed by atoms with E-state index in [2.05, 4.69) is 12.2 Å². The molecular weight excluding hydrogens is 240 g/mol. The van der Waals surface area contributed by atoms with Crippen LogP contribution in [0.2, 0.25) is 0 Å². The molecule has 2 rings (SSSR count). The quantitative estimate of drug-likeness (QED) is 0.780. The molecule has 2 saturated heterocycles. The molecule has 1 atom stereocenters. The molecular formula is C15H28N2O2. The highest BCUT2D eigenvalue weighted by Gasteiger charge is 2.44. The topological polar surface area (TPSA) is 41.6 Å². The van der Waals surface area contributed by atoms with Crippen LogP contribution in [0.3, 0.4) is 0 Å². The minimum Gasteiger partial charge on any atom is -0.443 e. The van der Waals surface area contributed by atoms with Crippen LogP contribution in [0.5, 0.6) is 0 Å². The number of ether oxygens (including phenoxy) is 1. The Morgan fingerprint density at radius 1 is 1.32 bits per heavy atom. The Morgan fingerprint density at radius 2 is 2.05 bits per heavy atom. The predicted molar refractivity (Wildman–Crippen MR) is 76.2 cm³/mol. The van der Waals surface area contributed by atoms with Crippen molar-refractivity contribution < 1.29 is 9.53 Å². The minimum absolute atomic E-state index is 0.117. The van der Waals surface area contributed by atoms with Crippen LogP contribution in [0.1, 0.15) is 58.3 Å². The first-order valence-corrected chi connectivity index (χ1v) is 7.83. The molecule has 2 aliphatic heterocycles. The first kappa shape index (κ1) is 14.6. The summed E-state index contributed by atoms with van der Waals surface area (Å²) in [5.74, 6) is 0. The molecule has 1 unspecified atom stereocenters. The summed E-state index contributed by atoms with van der Waals surface area (Å²) < 4.78 is 5.73. The molecule has 2 heterocycles. The summed E-state index contributed by atoms with van der Waals surface area (Å²) in [5, 5.41) is 3.35. The van der Waals surface area contributed by atoms with E-state index in [0.717, 1.165) is 38.8 Å². The lowest BCUT2D eigenvalue weighted by Gasteiger charge is -2.46. The lowest BCUT2D eigenvalue weighted by atomic mass is 9.83. The van der Waals surface area contributed by atoms with Crippen LogP contribution in [-0.4, -0.2) is 42.8 Å². The summed E-state index contributed by atoms with van der Waals surface area (Å²) >= 11 is 0. The SMILES string of the molecule is CCCCCCC1CC2(CCNCC2)OC(=O)N1C. The Kier molecular flexibility index (Phi) is 5.08. The average Bonchev–Trinajstić information content (AvgIpc) is 2.41. The minimum atomic E-state index is -0.176. The van der Waals surface area contributed by atoms with Gasteiger partial charge in [-0.25, -0.2) is 4.79 Å². The second-order valence-corrected chi connectivity index (χ2v) is 6.12. The van der Waals surface area contributed by atoms with Gasteiger partial charge in [0, 0.05) is 19.5 Å². The van der Waals surface area contributed by atoms with E-state index in [0.29, 0.717) is 6.04 Å². The highest BCUT2D eigenvalue weighted by Crippen LogP contribution is 2.36. The molecule has 0 aromatic rings. The summed E-state index contributed by atoms with van der Waals surface area (Å²) in [7, 11) is 1.89. The molecule has 4 nitrogen and oxygen atoms in total. The number of piperidine rings is 1. The van der Waals surface area contributed by atoms with Gasteiger partial charge in [-0.2, -0.15) is 0 Å². The van der Waals surface area contributed by atoms with Crippen LogP contribution in [0.25, 0.3) is 0 Å². The summed E-state index contributed by atoms with van der Waals surface area (Å²) in [6, 6.07) is 0.371. The van der Waals surface area contributed by atoms with E-state index in [9.17, 15) is 4.79 Å². The number of unbranched alkanes of at least 4 members (excludes halogenated alkanes) is 3. The highest BCUT2D eigenvalue weighted by molar-refractivity contribution is 5.69. The zero-order valence-electron chi connectivity index (χ0n) is 12.4. The van der Waals surface area contributed by atoms with Crippen molar-refractivity contribution in [1.29, 1.82) is 0 Å². The van der Waals surface area contributed by atoms with Gasteiger partial charge in [-0.3, -0.25) is 0 Å². The molecule has 0 aromatic heterocycles. The third kappa shape index (κ3) is 3.62. The highest BCUT2D eigenvalue weighted by atomic mass is 16.6. The number of hydrogen-bond acceptors (Lipinski definition) is 3. The van der Waals surface area contributed by atoms with Crippen molar-refractivity contribution in [2.24, 2.45) is 0 Å². The van der Waals surface area contributed by atoms with E-state index in [4.69, 9.17) is 4.74 Å². The fourth-order valence-corrected chi connectivity index (χ4v) is 3.31. The van der Waals surface area contributed by atoms with Crippen molar-refractivity contribution in [3.63, 3.8) is 0 Å². The molecule has 2 aliphatic rings. The van der Waals surface area contributed by atoms with Crippen LogP contribution in [-0.2, 0) is 4.74 Å². The van der Waals surface area contributed by atoms with E-state index in [-0.39, 0.29) is 11.7 Å². The Morgan fingerprint density at radius 3 is 2.74 bits per heavy atom. The molecule has 2 fully saturated rings. The lowest BCUT2D eigenvalue weighted by molar-refractivity contribution is -0.0804. The Hall–Kier alpha value is -0.770. The van der Waals surface area contributed by atoms with Crippen LogP contribution < -0.4 is 5.32 Å². The molecule has 1 amide bonds. The largest absolute Gasteiger partial charge is 0.443 e. The molecule has 0 radical (unpaired) electrons. The molecule has 110 valence electrons. The number of rotatable bonds is 5. The van der Waals surface area contributed by atoms with Crippen molar-refractivity contribution >= 4 is 6.09 Å². The third-order valence-electron chi connectivity index (χ3n) is 4.65. The number of nitrogens with one attached hydrogen (secondary N) is 1. The van der Waals surface area contributed by atoms with Gasteiger partial charge in [0.1, 0.15) is 5.60 Å². The van der Waals surface area contributed by atoms with Crippen molar-refractivity contribution in [2.75, 3.05) is 20.1 Å². The van der Waals surface area contributed by atoms with Gasteiger partial charge in [0.05, 0.1) is 0 Å². The van der Waals surface area contributed by atoms with Gasteiger partial charge in [0.25, 0.3) is 0 Å². The van der Waals surface area contributed by atoms with E-state index in [1.54, 1.807) is 0 Å². The zero-order chi connectivity index (χ0) is 13.7. The zero-order valence-corrected chi connectivity index (χ0v) is 12.4. The predicted octanol–water partition coefficient (Wildman–Crippen LogP) is 2.92. The molecule has 0 aromatic carbocycles. The Balaban J connectivity index is 1.90. The summed E-state index contributed by atoms with van der Waals surface area (Å²) in [6.07, 6.45) is 9.04. The molecule has 0 saturated carbocycles. The van der Waals surface area contributed by atoms with Gasteiger partial charge in [-0.05, 0) is 32.4 Å². The average molecular weight is 268 g/mol. The van der Waals surface area contributed by atoms with Crippen LogP contribution >= 0.6 is 0 Å². The van der Waals surface area contributed by atoms with E-state index >= 15 is 0 Å². The van der Waals surface area contributed by atoms with E-state index in [1.165, 1.54) is 25.7 Å². The maximum Gasteiger partial charge on any atom is 0.410 e. The molecule has 1 N–H and O–H groups in total. The summed E-state index contributed by atoms with van der Waals surface area (Å²) in [6.45, 7) is 4.17. The van der Waals surface area contributed by atoms with Crippen molar-refractivity contribution in [2.45, 2.75) is 69.9 Å². The Labute approximate surface area is 116 Å². The molecule has 0 bridgehead atoms. The second kappa shape index (κ2) is 6.60. The van der Waals surface area contributed by atoms with Gasteiger partial charge >= 0.3 is 6.09 Å². The monoisotopic (exact) mass is 268 g/mol. The number of hydrogen-bond donors (Lipinski definition) is 1. The molecule has 1 spiro atoms. The molecule has 4 heteroatoms. The van der Waals surface area contributed by atoms with E-state index < -0.39 is 0 Å². The number of amides is 1. The van der Waals surface area contributed by atoms with Gasteiger partial charge in [-0.1, -0.05) is 32.6 Å². The van der Waals surface area contributed by atoms with Crippen LogP contribution in [0, 0.1) is 0 Å². The van der Waals surface area contributed by atoms with Gasteiger partial charge in [0.15, 0.2) is 0 Å². The second-order valence-electron chi connectivity index (χ2n) is 6.12. The van der Waals surface area contributed by atoms with E-state index in [1.807, 2.05) is 11.9 Å². The fourth-order valence-electron chi connectivity index (χ4n) is 3.31. The first-order valence-electron chi connectivity index (χ1n) is 7.83. The van der Waals surface area contributed by atoms with Gasteiger partial charge in [-0.15, -0.1) is 0 Å². The standard InChI is InChI=1S/C15H28N2O2/c1-3-4-5-6-7-13-12-15(8-10-16-11-9-15)19-14(18)17(13)2/h13,16H,3-12H2,1-2H3. The fraction of sp³-hybridized carbons (Fsp3) is 0.933. The Bertz CT molecular complexity index is 301. The first-order chi connectivity index (χ1) is 9.17. The lowest BCUT2D eigenvalue weighted by Crippen LogP contribution is -2.56. The number of carbonyl (C=O) groups is 1. The van der Waals surface area contributed by atoms with Crippen LogP contribution in [0.15, 0.2) is 0 Å². The van der Waals surface area contributed by atoms with Gasteiger partial charge < -0.3 is 15.0 Å². The van der Waals surface area contributed by atoms with Crippen molar-refractivity contribution in [3.05, 3.63) is 0 Å². The smallest absolute Gasteiger partial charge is 0.410 e. The van der Waals surface area contributed by atoms with Crippen LogP contribution in [0.4, 0.5) is 4.79 Å². The molecule has 19 heavy (non-hydrogen) atoms.